The number of aromatic nitrogens is 2. The molecule has 96 valence electrons. The molecule has 0 radical (unpaired) electrons. The third kappa shape index (κ3) is 3.32. The monoisotopic (exact) mass is 236 g/mol. The Morgan fingerprint density at radius 3 is 2.94 bits per heavy atom. The Balaban J connectivity index is 1.85. The van der Waals surface area contributed by atoms with Crippen molar-refractivity contribution in [1.29, 1.82) is 0 Å². The van der Waals surface area contributed by atoms with Crippen LogP contribution >= 0.6 is 0 Å². The van der Waals surface area contributed by atoms with Crippen molar-refractivity contribution < 1.29 is 5.11 Å². The summed E-state index contributed by atoms with van der Waals surface area (Å²) in [4.78, 5) is 0. The fourth-order valence-corrected chi connectivity index (χ4v) is 2.87. The molecule has 3 heteroatoms. The quantitative estimate of drug-likeness (QED) is 0.823. The van der Waals surface area contributed by atoms with Gasteiger partial charge in [0, 0.05) is 12.7 Å². The number of aryl methyl sites for hydroxylation is 1. The average molecular weight is 236 g/mol. The standard InChI is InChI=1S/C14H24N2O/c1-2-11-16-13(9-10-15-16)14(17)8-7-12-5-3-4-6-12/h9-10,12,14,17H,2-8,11H2,1H3. The van der Waals surface area contributed by atoms with Gasteiger partial charge in [-0.1, -0.05) is 32.6 Å². The SMILES string of the molecule is CCCn1nccc1C(O)CCC1CCCC1. The highest BCUT2D eigenvalue weighted by atomic mass is 16.3. The number of nitrogens with zero attached hydrogens (tertiary/aromatic N) is 2. The van der Waals surface area contributed by atoms with E-state index >= 15 is 0 Å². The highest BCUT2D eigenvalue weighted by Gasteiger charge is 2.18. The van der Waals surface area contributed by atoms with Gasteiger partial charge in [0.15, 0.2) is 0 Å². The van der Waals surface area contributed by atoms with Crippen LogP contribution in [-0.2, 0) is 6.54 Å². The summed E-state index contributed by atoms with van der Waals surface area (Å²) >= 11 is 0. The lowest BCUT2D eigenvalue weighted by Crippen LogP contribution is -2.10. The molecule has 1 unspecified atom stereocenters. The van der Waals surface area contributed by atoms with Crippen LogP contribution in [0.2, 0.25) is 0 Å². The van der Waals surface area contributed by atoms with Gasteiger partial charge in [0.2, 0.25) is 0 Å². The first kappa shape index (κ1) is 12.6. The van der Waals surface area contributed by atoms with Crippen molar-refractivity contribution in [3.05, 3.63) is 18.0 Å². The van der Waals surface area contributed by atoms with E-state index < -0.39 is 0 Å². The van der Waals surface area contributed by atoms with E-state index in [1.165, 1.54) is 32.1 Å². The Morgan fingerprint density at radius 2 is 2.24 bits per heavy atom. The van der Waals surface area contributed by atoms with E-state index in [1.807, 2.05) is 10.7 Å². The Morgan fingerprint density at radius 1 is 1.47 bits per heavy atom. The van der Waals surface area contributed by atoms with E-state index in [0.29, 0.717) is 0 Å². The van der Waals surface area contributed by atoms with Gasteiger partial charge in [0.1, 0.15) is 0 Å². The van der Waals surface area contributed by atoms with Crippen molar-refractivity contribution in [1.82, 2.24) is 9.78 Å². The molecule has 1 saturated carbocycles. The van der Waals surface area contributed by atoms with Crippen molar-refractivity contribution in [3.63, 3.8) is 0 Å². The molecule has 1 N–H and O–H groups in total. The highest BCUT2D eigenvalue weighted by Crippen LogP contribution is 2.31. The molecule has 1 heterocycles. The summed E-state index contributed by atoms with van der Waals surface area (Å²) in [5, 5.41) is 14.5. The molecule has 1 aliphatic carbocycles. The molecule has 2 rings (SSSR count). The Kier molecular flexibility index (Phi) is 4.60. The number of aliphatic hydroxyl groups excluding tert-OH is 1. The maximum absolute atomic E-state index is 10.2. The zero-order valence-corrected chi connectivity index (χ0v) is 10.8. The first-order valence-corrected chi connectivity index (χ1v) is 7.01. The van der Waals surface area contributed by atoms with Crippen LogP contribution in [0.3, 0.4) is 0 Å². The minimum atomic E-state index is -0.329. The van der Waals surface area contributed by atoms with Gasteiger partial charge in [-0.05, 0) is 31.2 Å². The fraction of sp³-hybridized carbons (Fsp3) is 0.786. The second kappa shape index (κ2) is 6.20. The van der Waals surface area contributed by atoms with E-state index in [2.05, 4.69) is 12.0 Å². The molecule has 1 aromatic heterocycles. The van der Waals surface area contributed by atoms with E-state index in [1.54, 1.807) is 6.20 Å². The minimum Gasteiger partial charge on any atom is -0.387 e. The van der Waals surface area contributed by atoms with Crippen LogP contribution in [0.4, 0.5) is 0 Å². The topological polar surface area (TPSA) is 38.0 Å². The fourth-order valence-electron chi connectivity index (χ4n) is 2.87. The van der Waals surface area contributed by atoms with Crippen LogP contribution in [0.5, 0.6) is 0 Å². The first-order chi connectivity index (χ1) is 8.31. The van der Waals surface area contributed by atoms with Gasteiger partial charge in [-0.3, -0.25) is 4.68 Å². The van der Waals surface area contributed by atoms with Crippen molar-refractivity contribution in [2.24, 2.45) is 5.92 Å². The molecule has 0 saturated heterocycles. The highest BCUT2D eigenvalue weighted by molar-refractivity contribution is 5.04. The number of hydrogen-bond acceptors (Lipinski definition) is 2. The van der Waals surface area contributed by atoms with Crippen molar-refractivity contribution in [3.8, 4) is 0 Å². The van der Waals surface area contributed by atoms with Crippen LogP contribution in [0, 0.1) is 5.92 Å². The predicted octanol–water partition coefficient (Wildman–Crippen LogP) is 3.30. The second-order valence-corrected chi connectivity index (χ2v) is 5.22. The van der Waals surface area contributed by atoms with E-state index in [-0.39, 0.29) is 6.10 Å². The molecule has 0 aliphatic heterocycles. The maximum Gasteiger partial charge on any atom is 0.0956 e. The van der Waals surface area contributed by atoms with Gasteiger partial charge in [0.25, 0.3) is 0 Å². The molecule has 0 aromatic carbocycles. The molecule has 3 nitrogen and oxygen atoms in total. The van der Waals surface area contributed by atoms with E-state index in [4.69, 9.17) is 0 Å². The predicted molar refractivity (Wildman–Crippen MR) is 68.7 cm³/mol. The minimum absolute atomic E-state index is 0.329. The normalized spacial score (nSPS) is 18.7. The van der Waals surface area contributed by atoms with Crippen molar-refractivity contribution >= 4 is 0 Å². The molecule has 17 heavy (non-hydrogen) atoms. The lowest BCUT2D eigenvalue weighted by molar-refractivity contribution is 0.146. The molecule has 0 spiro atoms. The summed E-state index contributed by atoms with van der Waals surface area (Å²) in [6.45, 7) is 3.04. The van der Waals surface area contributed by atoms with E-state index in [9.17, 15) is 5.11 Å². The van der Waals surface area contributed by atoms with Crippen molar-refractivity contribution in [2.45, 2.75) is 64.5 Å². The van der Waals surface area contributed by atoms with Crippen LogP contribution in [-0.4, -0.2) is 14.9 Å². The molecular formula is C14H24N2O. The van der Waals surface area contributed by atoms with Gasteiger partial charge >= 0.3 is 0 Å². The first-order valence-electron chi connectivity index (χ1n) is 7.01. The molecule has 1 aliphatic rings. The van der Waals surface area contributed by atoms with Gasteiger partial charge in [-0.25, -0.2) is 0 Å². The Hall–Kier alpha value is -0.830. The summed E-state index contributed by atoms with van der Waals surface area (Å²) in [5.41, 5.74) is 0.991. The molecule has 1 aromatic rings. The van der Waals surface area contributed by atoms with E-state index in [0.717, 1.165) is 31.0 Å². The lowest BCUT2D eigenvalue weighted by Gasteiger charge is -2.15. The van der Waals surface area contributed by atoms with Gasteiger partial charge < -0.3 is 5.11 Å². The van der Waals surface area contributed by atoms with Gasteiger partial charge in [0.05, 0.1) is 11.8 Å². The number of aliphatic hydroxyl groups is 1. The summed E-state index contributed by atoms with van der Waals surface area (Å²) in [7, 11) is 0. The zero-order valence-electron chi connectivity index (χ0n) is 10.8. The van der Waals surface area contributed by atoms with Gasteiger partial charge in [-0.15, -0.1) is 0 Å². The Bertz CT molecular complexity index is 329. The summed E-state index contributed by atoms with van der Waals surface area (Å²) < 4.78 is 1.94. The largest absolute Gasteiger partial charge is 0.387 e. The van der Waals surface area contributed by atoms with Crippen LogP contribution in [0.15, 0.2) is 12.3 Å². The maximum atomic E-state index is 10.2. The van der Waals surface area contributed by atoms with Crippen LogP contribution in [0.25, 0.3) is 0 Å². The number of rotatable bonds is 6. The summed E-state index contributed by atoms with van der Waals surface area (Å²) in [6, 6.07) is 1.95. The second-order valence-electron chi connectivity index (χ2n) is 5.22. The molecule has 0 amide bonds. The third-order valence-electron chi connectivity index (χ3n) is 3.85. The van der Waals surface area contributed by atoms with Crippen LogP contribution in [0.1, 0.15) is 63.7 Å². The number of hydrogen-bond donors (Lipinski definition) is 1. The lowest BCUT2D eigenvalue weighted by atomic mass is 9.98. The average Bonchev–Trinajstić information content (AvgIpc) is 2.97. The molecular weight excluding hydrogens is 212 g/mol. The third-order valence-corrected chi connectivity index (χ3v) is 3.85. The summed E-state index contributed by atoms with van der Waals surface area (Å²) in [6.07, 6.45) is 10.1. The van der Waals surface area contributed by atoms with Gasteiger partial charge in [-0.2, -0.15) is 5.10 Å². The molecule has 1 atom stereocenters. The molecule has 1 fully saturated rings. The van der Waals surface area contributed by atoms with Crippen molar-refractivity contribution in [2.75, 3.05) is 0 Å². The smallest absolute Gasteiger partial charge is 0.0956 e. The molecule has 0 bridgehead atoms. The van der Waals surface area contributed by atoms with Crippen LogP contribution < -0.4 is 0 Å². The zero-order chi connectivity index (χ0) is 12.1. The summed E-state index contributed by atoms with van der Waals surface area (Å²) in [5.74, 6) is 0.854. The Labute approximate surface area is 104 Å².